The van der Waals surface area contributed by atoms with Gasteiger partial charge in [-0.2, -0.15) is 0 Å². The van der Waals surface area contributed by atoms with E-state index in [-0.39, 0.29) is 11.0 Å². The second kappa shape index (κ2) is 10.2. The standard InChI is InChI=1S/C26H25NO4S/c1-4-21-9-5-7-11-24(21)26(28)31-20(3)15-16-22-10-6-8-12-25(22)27-32(29,30)23-17-13-19(2)14-18-23/h1,5-14,17-18,20,27H,15-16H2,2-3H3. The molecule has 6 heteroatoms. The van der Waals surface area contributed by atoms with Crippen molar-refractivity contribution < 1.29 is 17.9 Å². The zero-order valence-corrected chi connectivity index (χ0v) is 18.9. The number of ether oxygens (including phenoxy) is 1. The van der Waals surface area contributed by atoms with Gasteiger partial charge in [0.1, 0.15) is 0 Å². The summed E-state index contributed by atoms with van der Waals surface area (Å²) in [5.41, 5.74) is 3.14. The van der Waals surface area contributed by atoms with Gasteiger partial charge in [-0.1, -0.05) is 53.9 Å². The van der Waals surface area contributed by atoms with Crippen molar-refractivity contribution in [2.75, 3.05) is 4.72 Å². The third-order valence-electron chi connectivity index (χ3n) is 5.02. The topological polar surface area (TPSA) is 72.5 Å². The highest BCUT2D eigenvalue weighted by Crippen LogP contribution is 2.23. The lowest BCUT2D eigenvalue weighted by atomic mass is 10.1. The predicted octanol–water partition coefficient (Wildman–Crippen LogP) is 4.96. The van der Waals surface area contributed by atoms with Crippen molar-refractivity contribution in [2.24, 2.45) is 0 Å². The maximum absolute atomic E-state index is 12.8. The van der Waals surface area contributed by atoms with Gasteiger partial charge in [-0.15, -0.1) is 6.42 Å². The molecule has 0 aliphatic heterocycles. The molecule has 3 aromatic rings. The molecule has 0 heterocycles. The minimum absolute atomic E-state index is 0.201. The molecule has 0 fully saturated rings. The number of nitrogens with one attached hydrogen (secondary N) is 1. The number of anilines is 1. The van der Waals surface area contributed by atoms with Crippen LogP contribution in [-0.2, 0) is 21.2 Å². The maximum Gasteiger partial charge on any atom is 0.339 e. The molecule has 3 rings (SSSR count). The molecular formula is C26H25NO4S. The van der Waals surface area contributed by atoms with Crippen LogP contribution in [0.3, 0.4) is 0 Å². The van der Waals surface area contributed by atoms with E-state index in [9.17, 15) is 13.2 Å². The molecular weight excluding hydrogens is 422 g/mol. The first kappa shape index (κ1) is 23.1. The molecule has 1 atom stereocenters. The fourth-order valence-corrected chi connectivity index (χ4v) is 4.31. The first-order chi connectivity index (χ1) is 15.3. The van der Waals surface area contributed by atoms with Gasteiger partial charge < -0.3 is 4.74 Å². The summed E-state index contributed by atoms with van der Waals surface area (Å²) >= 11 is 0. The highest BCUT2D eigenvalue weighted by atomic mass is 32.2. The molecule has 0 spiro atoms. The van der Waals surface area contributed by atoms with Crippen molar-refractivity contribution >= 4 is 21.7 Å². The molecule has 32 heavy (non-hydrogen) atoms. The number of rotatable bonds is 8. The third kappa shape index (κ3) is 5.77. The number of hydrogen-bond donors (Lipinski definition) is 1. The van der Waals surface area contributed by atoms with Gasteiger partial charge in [-0.3, -0.25) is 4.72 Å². The number of sulfonamides is 1. The van der Waals surface area contributed by atoms with E-state index in [4.69, 9.17) is 11.2 Å². The Kier molecular flexibility index (Phi) is 7.34. The fourth-order valence-electron chi connectivity index (χ4n) is 3.21. The van der Waals surface area contributed by atoms with Crippen LogP contribution in [0.2, 0.25) is 0 Å². The summed E-state index contributed by atoms with van der Waals surface area (Å²) in [7, 11) is -3.71. The van der Waals surface area contributed by atoms with Gasteiger partial charge in [-0.05, 0) is 62.6 Å². The smallest absolute Gasteiger partial charge is 0.339 e. The third-order valence-corrected chi connectivity index (χ3v) is 6.41. The van der Waals surface area contributed by atoms with Crippen molar-refractivity contribution in [3.05, 3.63) is 95.1 Å². The minimum Gasteiger partial charge on any atom is -0.459 e. The quantitative estimate of drug-likeness (QED) is 0.392. The zero-order valence-electron chi connectivity index (χ0n) is 18.0. The van der Waals surface area contributed by atoms with E-state index >= 15 is 0 Å². The van der Waals surface area contributed by atoms with E-state index in [0.717, 1.165) is 11.1 Å². The van der Waals surface area contributed by atoms with Crippen molar-refractivity contribution in [3.8, 4) is 12.3 Å². The molecule has 1 unspecified atom stereocenters. The Hall–Kier alpha value is -3.56. The van der Waals surface area contributed by atoms with E-state index in [2.05, 4.69) is 10.6 Å². The van der Waals surface area contributed by atoms with Gasteiger partial charge >= 0.3 is 5.97 Å². The molecule has 0 radical (unpaired) electrons. The summed E-state index contributed by atoms with van der Waals surface area (Å²) in [4.78, 5) is 12.7. The number of aryl methyl sites for hydroxylation is 2. The first-order valence-electron chi connectivity index (χ1n) is 10.2. The Morgan fingerprint density at radius 2 is 1.69 bits per heavy atom. The largest absolute Gasteiger partial charge is 0.459 e. The summed E-state index contributed by atoms with van der Waals surface area (Å²) in [6.45, 7) is 3.70. The molecule has 1 N–H and O–H groups in total. The number of esters is 1. The van der Waals surface area contributed by atoms with Gasteiger partial charge in [0.25, 0.3) is 10.0 Å². The Labute approximate surface area is 189 Å². The highest BCUT2D eigenvalue weighted by molar-refractivity contribution is 7.92. The Morgan fingerprint density at radius 3 is 2.41 bits per heavy atom. The van der Waals surface area contributed by atoms with Crippen LogP contribution >= 0.6 is 0 Å². The Balaban J connectivity index is 1.67. The van der Waals surface area contributed by atoms with Gasteiger partial charge in [-0.25, -0.2) is 13.2 Å². The van der Waals surface area contributed by atoms with Crippen LogP contribution in [0.15, 0.2) is 77.7 Å². The average Bonchev–Trinajstić information content (AvgIpc) is 2.78. The molecule has 0 saturated carbocycles. The monoisotopic (exact) mass is 447 g/mol. The average molecular weight is 448 g/mol. The van der Waals surface area contributed by atoms with Crippen LogP contribution in [0.25, 0.3) is 0 Å². The summed E-state index contributed by atoms with van der Waals surface area (Å²) in [6, 6.07) is 20.7. The number of carbonyl (C=O) groups excluding carboxylic acids is 1. The lowest BCUT2D eigenvalue weighted by molar-refractivity contribution is 0.0325. The van der Waals surface area contributed by atoms with Gasteiger partial charge in [0, 0.05) is 5.56 Å². The van der Waals surface area contributed by atoms with Crippen LogP contribution in [0.5, 0.6) is 0 Å². The van der Waals surface area contributed by atoms with Crippen molar-refractivity contribution in [1.29, 1.82) is 0 Å². The summed E-state index contributed by atoms with van der Waals surface area (Å²) in [5, 5.41) is 0. The molecule has 3 aromatic carbocycles. The maximum atomic E-state index is 12.8. The van der Waals surface area contributed by atoms with E-state index in [1.807, 2.05) is 19.1 Å². The molecule has 0 aliphatic carbocycles. The minimum atomic E-state index is -3.71. The van der Waals surface area contributed by atoms with E-state index in [1.54, 1.807) is 67.6 Å². The molecule has 0 amide bonds. The van der Waals surface area contributed by atoms with Crippen LogP contribution < -0.4 is 4.72 Å². The molecule has 164 valence electrons. The van der Waals surface area contributed by atoms with Crippen LogP contribution in [-0.4, -0.2) is 20.5 Å². The number of carbonyl (C=O) groups is 1. The molecule has 5 nitrogen and oxygen atoms in total. The number of benzene rings is 3. The van der Waals surface area contributed by atoms with Gasteiger partial charge in [0.05, 0.1) is 22.3 Å². The van der Waals surface area contributed by atoms with E-state index in [1.165, 1.54) is 0 Å². The molecule has 0 bridgehead atoms. The summed E-state index contributed by atoms with van der Waals surface area (Å²) < 4.78 is 33.8. The van der Waals surface area contributed by atoms with Crippen LogP contribution in [0, 0.1) is 19.3 Å². The fraction of sp³-hybridized carbons (Fsp3) is 0.192. The summed E-state index contributed by atoms with van der Waals surface area (Å²) in [6.07, 6.45) is 6.12. The molecule has 0 aliphatic rings. The van der Waals surface area contributed by atoms with Crippen molar-refractivity contribution in [1.82, 2.24) is 0 Å². The predicted molar refractivity (Wildman–Crippen MR) is 126 cm³/mol. The van der Waals surface area contributed by atoms with Crippen LogP contribution in [0.1, 0.15) is 40.4 Å². The van der Waals surface area contributed by atoms with Crippen molar-refractivity contribution in [2.45, 2.75) is 37.7 Å². The Bertz CT molecular complexity index is 1240. The van der Waals surface area contributed by atoms with Gasteiger partial charge in [0.15, 0.2) is 0 Å². The van der Waals surface area contributed by atoms with Gasteiger partial charge in [0.2, 0.25) is 0 Å². The number of hydrogen-bond acceptors (Lipinski definition) is 4. The number of para-hydroxylation sites is 1. The molecule has 0 aromatic heterocycles. The van der Waals surface area contributed by atoms with Crippen molar-refractivity contribution in [3.63, 3.8) is 0 Å². The second-order valence-electron chi connectivity index (χ2n) is 7.52. The van der Waals surface area contributed by atoms with E-state index in [0.29, 0.717) is 29.7 Å². The zero-order chi connectivity index (χ0) is 23.1. The summed E-state index contributed by atoms with van der Waals surface area (Å²) in [5.74, 6) is 2.01. The molecule has 0 saturated heterocycles. The lowest BCUT2D eigenvalue weighted by Gasteiger charge is -2.16. The normalized spacial score (nSPS) is 11.9. The number of terminal acetylenes is 1. The lowest BCUT2D eigenvalue weighted by Crippen LogP contribution is -2.18. The Morgan fingerprint density at radius 1 is 1.03 bits per heavy atom. The SMILES string of the molecule is C#Cc1ccccc1C(=O)OC(C)CCc1ccccc1NS(=O)(=O)c1ccc(C)cc1. The highest BCUT2D eigenvalue weighted by Gasteiger charge is 2.18. The van der Waals surface area contributed by atoms with E-state index < -0.39 is 16.0 Å². The second-order valence-corrected chi connectivity index (χ2v) is 9.20. The first-order valence-corrected chi connectivity index (χ1v) is 11.7. The van der Waals surface area contributed by atoms with Crippen LogP contribution in [0.4, 0.5) is 5.69 Å².